The van der Waals surface area contributed by atoms with Crippen molar-refractivity contribution in [2.75, 3.05) is 5.73 Å². The number of para-hydroxylation sites is 1. The molecule has 19 heavy (non-hydrogen) atoms. The Labute approximate surface area is 107 Å². The van der Waals surface area contributed by atoms with Crippen molar-refractivity contribution in [3.8, 4) is 5.69 Å². The van der Waals surface area contributed by atoms with Crippen LogP contribution in [0.1, 0.15) is 30.0 Å². The summed E-state index contributed by atoms with van der Waals surface area (Å²) in [7, 11) is 0. The Morgan fingerprint density at radius 1 is 1.21 bits per heavy atom. The summed E-state index contributed by atoms with van der Waals surface area (Å²) in [6.45, 7) is 0. The Morgan fingerprint density at radius 2 is 1.89 bits per heavy atom. The first-order valence-corrected chi connectivity index (χ1v) is 5.86. The molecule has 1 aliphatic rings. The number of benzene rings is 1. The molecule has 1 aromatic heterocycles. The molecule has 0 amide bonds. The highest BCUT2D eigenvalue weighted by atomic mass is 19.4. The third-order valence-corrected chi connectivity index (χ3v) is 3.13. The van der Waals surface area contributed by atoms with Gasteiger partial charge in [-0.15, -0.1) is 5.10 Å². The zero-order valence-corrected chi connectivity index (χ0v) is 9.85. The summed E-state index contributed by atoms with van der Waals surface area (Å²) in [5.74, 6) is 0.436. The molecule has 1 fully saturated rings. The second-order valence-electron chi connectivity index (χ2n) is 4.56. The molecule has 1 aliphatic carbocycles. The van der Waals surface area contributed by atoms with Crippen molar-refractivity contribution >= 4 is 5.82 Å². The van der Waals surface area contributed by atoms with Crippen LogP contribution >= 0.6 is 0 Å². The largest absolute Gasteiger partial charge is 0.418 e. The van der Waals surface area contributed by atoms with E-state index in [1.807, 2.05) is 0 Å². The lowest BCUT2D eigenvalue weighted by Crippen LogP contribution is -2.13. The van der Waals surface area contributed by atoms with Crippen molar-refractivity contribution in [1.82, 2.24) is 15.0 Å². The molecule has 0 radical (unpaired) electrons. The predicted octanol–water partition coefficient (Wildman–Crippen LogP) is 2.75. The number of halogens is 3. The Hall–Kier alpha value is -2.05. The summed E-state index contributed by atoms with van der Waals surface area (Å²) in [5, 5.41) is 7.66. The van der Waals surface area contributed by atoms with E-state index in [9.17, 15) is 13.2 Å². The maximum absolute atomic E-state index is 12.9. The van der Waals surface area contributed by atoms with Crippen LogP contribution in [0.2, 0.25) is 0 Å². The first kappa shape index (κ1) is 12.0. The fourth-order valence-corrected chi connectivity index (χ4v) is 2.02. The second-order valence-corrected chi connectivity index (χ2v) is 4.56. The molecule has 1 heterocycles. The molecule has 0 atom stereocenters. The Kier molecular flexibility index (Phi) is 2.51. The fourth-order valence-electron chi connectivity index (χ4n) is 2.02. The van der Waals surface area contributed by atoms with E-state index in [1.165, 1.54) is 18.2 Å². The van der Waals surface area contributed by atoms with Gasteiger partial charge in [-0.05, 0) is 25.0 Å². The lowest BCUT2D eigenvalue weighted by atomic mass is 10.1. The quantitative estimate of drug-likeness (QED) is 0.911. The first-order valence-electron chi connectivity index (χ1n) is 5.86. The highest BCUT2D eigenvalue weighted by molar-refractivity contribution is 5.50. The highest BCUT2D eigenvalue weighted by Crippen LogP contribution is 2.42. The van der Waals surface area contributed by atoms with Crippen molar-refractivity contribution < 1.29 is 13.2 Å². The number of rotatable bonds is 2. The van der Waals surface area contributed by atoms with E-state index < -0.39 is 11.7 Å². The van der Waals surface area contributed by atoms with Crippen LogP contribution in [0.15, 0.2) is 24.3 Å². The summed E-state index contributed by atoms with van der Waals surface area (Å²) in [4.78, 5) is 0. The van der Waals surface area contributed by atoms with Gasteiger partial charge in [0.05, 0.1) is 11.3 Å². The van der Waals surface area contributed by atoms with Gasteiger partial charge in [0.2, 0.25) is 0 Å². The zero-order valence-electron chi connectivity index (χ0n) is 9.85. The number of alkyl halides is 3. The molecule has 3 rings (SSSR count). The SMILES string of the molecule is Nc1c(C2CC2)nnn1-c1ccccc1C(F)(F)F. The number of hydrogen-bond donors (Lipinski definition) is 1. The van der Waals surface area contributed by atoms with Crippen LogP contribution in [0.4, 0.5) is 19.0 Å². The minimum absolute atomic E-state index is 0.0908. The van der Waals surface area contributed by atoms with Crippen LogP contribution in [0.25, 0.3) is 5.69 Å². The van der Waals surface area contributed by atoms with Crippen LogP contribution in [0, 0.1) is 0 Å². The smallest absolute Gasteiger partial charge is 0.382 e. The van der Waals surface area contributed by atoms with Gasteiger partial charge in [0, 0.05) is 5.92 Å². The number of nitrogen functional groups attached to an aromatic ring is 1. The van der Waals surface area contributed by atoms with Gasteiger partial charge >= 0.3 is 6.18 Å². The fraction of sp³-hybridized carbons (Fsp3) is 0.333. The van der Waals surface area contributed by atoms with Crippen LogP contribution in [-0.4, -0.2) is 15.0 Å². The van der Waals surface area contributed by atoms with Crippen molar-refractivity contribution in [3.63, 3.8) is 0 Å². The lowest BCUT2D eigenvalue weighted by Gasteiger charge is -2.12. The zero-order chi connectivity index (χ0) is 13.6. The van der Waals surface area contributed by atoms with Gasteiger partial charge in [-0.1, -0.05) is 17.3 Å². The van der Waals surface area contributed by atoms with E-state index in [0.717, 1.165) is 23.6 Å². The summed E-state index contributed by atoms with van der Waals surface area (Å²) >= 11 is 0. The average molecular weight is 268 g/mol. The molecule has 2 aromatic rings. The van der Waals surface area contributed by atoms with Crippen LogP contribution in [-0.2, 0) is 6.18 Å². The van der Waals surface area contributed by atoms with E-state index in [2.05, 4.69) is 10.3 Å². The Morgan fingerprint density at radius 3 is 2.53 bits per heavy atom. The van der Waals surface area contributed by atoms with Crippen molar-refractivity contribution in [3.05, 3.63) is 35.5 Å². The van der Waals surface area contributed by atoms with Crippen LogP contribution in [0.3, 0.4) is 0 Å². The van der Waals surface area contributed by atoms with E-state index in [4.69, 9.17) is 5.73 Å². The third-order valence-electron chi connectivity index (χ3n) is 3.13. The average Bonchev–Trinajstić information content (AvgIpc) is 3.12. The topological polar surface area (TPSA) is 56.7 Å². The Bertz CT molecular complexity index is 614. The van der Waals surface area contributed by atoms with Gasteiger partial charge in [0.1, 0.15) is 5.69 Å². The second kappa shape index (κ2) is 3.97. The minimum Gasteiger partial charge on any atom is -0.382 e. The van der Waals surface area contributed by atoms with Crippen LogP contribution < -0.4 is 5.73 Å². The molecule has 0 unspecified atom stereocenters. The normalized spacial score (nSPS) is 15.7. The van der Waals surface area contributed by atoms with Gasteiger partial charge < -0.3 is 5.73 Å². The Balaban J connectivity index is 2.12. The third kappa shape index (κ3) is 2.05. The molecular formula is C12H11F3N4. The van der Waals surface area contributed by atoms with Gasteiger partial charge in [0.15, 0.2) is 5.82 Å². The van der Waals surface area contributed by atoms with Gasteiger partial charge in [-0.3, -0.25) is 0 Å². The molecule has 2 N–H and O–H groups in total. The molecule has 1 aromatic carbocycles. The molecule has 0 aliphatic heterocycles. The summed E-state index contributed by atoms with van der Waals surface area (Å²) in [5.41, 5.74) is 5.59. The number of hydrogen-bond acceptors (Lipinski definition) is 3. The summed E-state index contributed by atoms with van der Waals surface area (Å²) < 4.78 is 39.9. The molecule has 0 saturated heterocycles. The molecule has 0 spiro atoms. The van der Waals surface area contributed by atoms with Gasteiger partial charge in [-0.2, -0.15) is 17.9 Å². The maximum Gasteiger partial charge on any atom is 0.418 e. The lowest BCUT2D eigenvalue weighted by molar-refractivity contribution is -0.137. The number of nitrogens with two attached hydrogens (primary N) is 1. The first-order chi connectivity index (χ1) is 8.98. The van der Waals surface area contributed by atoms with Crippen molar-refractivity contribution in [2.45, 2.75) is 24.9 Å². The molecule has 0 bridgehead atoms. The van der Waals surface area contributed by atoms with Crippen LogP contribution in [0.5, 0.6) is 0 Å². The van der Waals surface area contributed by atoms with Gasteiger partial charge in [0.25, 0.3) is 0 Å². The maximum atomic E-state index is 12.9. The summed E-state index contributed by atoms with van der Waals surface area (Å²) in [6.07, 6.45) is -2.53. The molecule has 100 valence electrons. The standard InChI is InChI=1S/C12H11F3N4/c13-12(14,15)8-3-1-2-4-9(8)19-11(16)10(17-18-19)7-5-6-7/h1-4,7H,5-6,16H2. The van der Waals surface area contributed by atoms with E-state index in [0.29, 0.717) is 5.69 Å². The van der Waals surface area contributed by atoms with Gasteiger partial charge in [-0.25, -0.2) is 0 Å². The molecule has 7 heteroatoms. The van der Waals surface area contributed by atoms with Crippen molar-refractivity contribution in [1.29, 1.82) is 0 Å². The number of aromatic nitrogens is 3. The predicted molar refractivity (Wildman–Crippen MR) is 62.7 cm³/mol. The van der Waals surface area contributed by atoms with E-state index >= 15 is 0 Å². The number of anilines is 1. The van der Waals surface area contributed by atoms with Crippen molar-refractivity contribution in [2.24, 2.45) is 0 Å². The number of nitrogens with zero attached hydrogens (tertiary/aromatic N) is 3. The minimum atomic E-state index is -4.45. The molecular weight excluding hydrogens is 257 g/mol. The highest BCUT2D eigenvalue weighted by Gasteiger charge is 2.35. The monoisotopic (exact) mass is 268 g/mol. The van der Waals surface area contributed by atoms with E-state index in [1.54, 1.807) is 0 Å². The molecule has 1 saturated carbocycles. The summed E-state index contributed by atoms with van der Waals surface area (Å²) in [6, 6.07) is 5.20. The molecule has 4 nitrogen and oxygen atoms in total. The van der Waals surface area contributed by atoms with E-state index in [-0.39, 0.29) is 17.4 Å².